The maximum atomic E-state index is 12.0. The van der Waals surface area contributed by atoms with Gasteiger partial charge in [0.05, 0.1) is 19.9 Å². The Labute approximate surface area is 153 Å². The Balaban J connectivity index is 2.12. The van der Waals surface area contributed by atoms with E-state index in [4.69, 9.17) is 21.1 Å². The van der Waals surface area contributed by atoms with Gasteiger partial charge in [0.25, 0.3) is 5.91 Å². The van der Waals surface area contributed by atoms with Crippen molar-refractivity contribution in [1.29, 1.82) is 0 Å². The lowest BCUT2D eigenvalue weighted by atomic mass is 10.2. The molecule has 0 atom stereocenters. The van der Waals surface area contributed by atoms with Gasteiger partial charge in [-0.3, -0.25) is 4.79 Å². The summed E-state index contributed by atoms with van der Waals surface area (Å²) in [6.45, 7) is 2.41. The van der Waals surface area contributed by atoms with Crippen molar-refractivity contribution < 1.29 is 14.3 Å². The van der Waals surface area contributed by atoms with Crippen molar-refractivity contribution in [2.24, 2.45) is 5.10 Å². The molecule has 0 bridgehead atoms. The van der Waals surface area contributed by atoms with Crippen molar-refractivity contribution >= 4 is 39.7 Å². The van der Waals surface area contributed by atoms with E-state index in [-0.39, 0.29) is 5.91 Å². The van der Waals surface area contributed by atoms with Gasteiger partial charge in [-0.15, -0.1) is 0 Å². The maximum Gasteiger partial charge on any atom is 0.271 e. The fourth-order valence-electron chi connectivity index (χ4n) is 1.90. The summed E-state index contributed by atoms with van der Waals surface area (Å²) >= 11 is 9.23. The number of carbonyl (C=O) groups is 1. The third-order valence-electron chi connectivity index (χ3n) is 3.06. The Morgan fingerprint density at radius 1 is 1.29 bits per heavy atom. The number of hydrazone groups is 1. The summed E-state index contributed by atoms with van der Waals surface area (Å²) < 4.78 is 11.6. The zero-order valence-electron chi connectivity index (χ0n) is 13.2. The fourth-order valence-corrected chi connectivity index (χ4v) is 2.45. The SMILES string of the molecule is CCOc1cc(/C=N\NC(=O)c2ccc(Cl)cc2)c(Br)cc1OC. The van der Waals surface area contributed by atoms with Crippen LogP contribution in [-0.2, 0) is 0 Å². The van der Waals surface area contributed by atoms with Crippen LogP contribution in [0.4, 0.5) is 0 Å². The van der Waals surface area contributed by atoms with E-state index < -0.39 is 0 Å². The Morgan fingerprint density at radius 2 is 2.00 bits per heavy atom. The molecule has 24 heavy (non-hydrogen) atoms. The van der Waals surface area contributed by atoms with E-state index in [1.54, 1.807) is 43.5 Å². The van der Waals surface area contributed by atoms with Gasteiger partial charge < -0.3 is 9.47 Å². The summed E-state index contributed by atoms with van der Waals surface area (Å²) in [4.78, 5) is 12.0. The predicted molar refractivity (Wildman–Crippen MR) is 98.4 cm³/mol. The minimum Gasteiger partial charge on any atom is -0.493 e. The first kappa shape index (κ1) is 18.3. The highest BCUT2D eigenvalue weighted by Crippen LogP contribution is 2.32. The topological polar surface area (TPSA) is 59.9 Å². The number of ether oxygens (including phenoxy) is 2. The first-order chi connectivity index (χ1) is 11.5. The van der Waals surface area contributed by atoms with Crippen LogP contribution in [0.15, 0.2) is 46.0 Å². The van der Waals surface area contributed by atoms with Crippen LogP contribution >= 0.6 is 27.5 Å². The average Bonchev–Trinajstić information content (AvgIpc) is 2.58. The zero-order chi connectivity index (χ0) is 17.5. The zero-order valence-corrected chi connectivity index (χ0v) is 15.5. The standard InChI is InChI=1S/C17H16BrClN2O3/c1-3-24-16-8-12(14(18)9-15(16)23-2)10-20-21-17(22)11-4-6-13(19)7-5-11/h4-10H,3H2,1-2H3,(H,21,22)/b20-10-. The number of nitrogens with zero attached hydrogens (tertiary/aromatic N) is 1. The third kappa shape index (κ3) is 4.72. The molecule has 1 N–H and O–H groups in total. The van der Waals surface area contributed by atoms with Gasteiger partial charge in [0, 0.05) is 20.6 Å². The number of halogens is 2. The van der Waals surface area contributed by atoms with Crippen LogP contribution in [-0.4, -0.2) is 25.8 Å². The molecule has 0 unspecified atom stereocenters. The molecule has 1 amide bonds. The largest absolute Gasteiger partial charge is 0.493 e. The minimum atomic E-state index is -0.322. The average molecular weight is 412 g/mol. The molecule has 0 spiro atoms. The van der Waals surface area contributed by atoms with Crippen LogP contribution in [0, 0.1) is 0 Å². The first-order valence-electron chi connectivity index (χ1n) is 7.14. The fraction of sp³-hybridized carbons (Fsp3) is 0.176. The van der Waals surface area contributed by atoms with E-state index in [2.05, 4.69) is 26.5 Å². The molecule has 2 aromatic rings. The molecule has 0 aliphatic carbocycles. The number of methoxy groups -OCH3 is 1. The normalized spacial score (nSPS) is 10.7. The quantitative estimate of drug-likeness (QED) is 0.570. The number of rotatable bonds is 6. The van der Waals surface area contributed by atoms with Crippen LogP contribution in [0.1, 0.15) is 22.8 Å². The molecule has 0 aliphatic rings. The second-order valence-electron chi connectivity index (χ2n) is 4.66. The Morgan fingerprint density at radius 3 is 2.62 bits per heavy atom. The van der Waals surface area contributed by atoms with E-state index in [9.17, 15) is 4.79 Å². The summed E-state index contributed by atoms with van der Waals surface area (Å²) in [6.07, 6.45) is 1.53. The van der Waals surface area contributed by atoms with Crippen molar-refractivity contribution in [3.05, 3.63) is 57.0 Å². The molecule has 2 rings (SSSR count). The molecule has 0 aliphatic heterocycles. The van der Waals surface area contributed by atoms with Gasteiger partial charge in [0.1, 0.15) is 0 Å². The van der Waals surface area contributed by atoms with Gasteiger partial charge in [0.2, 0.25) is 0 Å². The summed E-state index contributed by atoms with van der Waals surface area (Å²) in [7, 11) is 1.57. The van der Waals surface area contributed by atoms with E-state index in [0.717, 1.165) is 10.0 Å². The molecule has 0 radical (unpaired) electrons. The van der Waals surface area contributed by atoms with Crippen molar-refractivity contribution in [2.75, 3.05) is 13.7 Å². The summed E-state index contributed by atoms with van der Waals surface area (Å²) in [5, 5.41) is 4.54. The molecule has 2 aromatic carbocycles. The van der Waals surface area contributed by atoms with Crippen LogP contribution in [0.25, 0.3) is 0 Å². The van der Waals surface area contributed by atoms with E-state index in [0.29, 0.717) is 28.7 Å². The third-order valence-corrected chi connectivity index (χ3v) is 4.00. The molecule has 0 aromatic heterocycles. The first-order valence-corrected chi connectivity index (χ1v) is 8.31. The van der Waals surface area contributed by atoms with Crippen LogP contribution < -0.4 is 14.9 Å². The van der Waals surface area contributed by atoms with Gasteiger partial charge in [-0.1, -0.05) is 11.6 Å². The van der Waals surface area contributed by atoms with Crippen LogP contribution in [0.3, 0.4) is 0 Å². The molecular weight excluding hydrogens is 396 g/mol. The number of benzene rings is 2. The summed E-state index contributed by atoms with van der Waals surface area (Å²) in [5.74, 6) is 0.900. The number of hydrogen-bond donors (Lipinski definition) is 1. The molecule has 0 fully saturated rings. The highest BCUT2D eigenvalue weighted by Gasteiger charge is 2.09. The second-order valence-corrected chi connectivity index (χ2v) is 5.95. The van der Waals surface area contributed by atoms with Gasteiger partial charge in [-0.05, 0) is 59.3 Å². The molecular formula is C17H16BrClN2O3. The van der Waals surface area contributed by atoms with Crippen molar-refractivity contribution in [1.82, 2.24) is 5.43 Å². The molecule has 5 nitrogen and oxygen atoms in total. The number of nitrogens with one attached hydrogen (secondary N) is 1. The van der Waals surface area contributed by atoms with E-state index in [1.807, 2.05) is 6.92 Å². The highest BCUT2D eigenvalue weighted by atomic mass is 79.9. The molecule has 0 heterocycles. The lowest BCUT2D eigenvalue weighted by Gasteiger charge is -2.11. The van der Waals surface area contributed by atoms with Gasteiger partial charge in [-0.25, -0.2) is 5.43 Å². The second kappa shape index (κ2) is 8.70. The molecule has 126 valence electrons. The van der Waals surface area contributed by atoms with Gasteiger partial charge in [-0.2, -0.15) is 5.10 Å². The smallest absolute Gasteiger partial charge is 0.271 e. The lowest BCUT2D eigenvalue weighted by Crippen LogP contribution is -2.17. The van der Waals surface area contributed by atoms with Crippen molar-refractivity contribution in [2.45, 2.75) is 6.92 Å². The number of amides is 1. The molecule has 0 saturated carbocycles. The molecule has 7 heteroatoms. The number of hydrogen-bond acceptors (Lipinski definition) is 4. The van der Waals surface area contributed by atoms with Crippen molar-refractivity contribution in [3.8, 4) is 11.5 Å². The maximum absolute atomic E-state index is 12.0. The Kier molecular flexibility index (Phi) is 6.63. The van der Waals surface area contributed by atoms with Crippen LogP contribution in [0.5, 0.6) is 11.5 Å². The predicted octanol–water partition coefficient (Wildman–Crippen LogP) is 4.27. The molecule has 0 saturated heterocycles. The summed E-state index contributed by atoms with van der Waals surface area (Å²) in [6, 6.07) is 10.1. The monoisotopic (exact) mass is 410 g/mol. The van der Waals surface area contributed by atoms with E-state index >= 15 is 0 Å². The summed E-state index contributed by atoms with van der Waals surface area (Å²) in [5.41, 5.74) is 3.69. The van der Waals surface area contributed by atoms with Gasteiger partial charge in [0.15, 0.2) is 11.5 Å². The number of carbonyl (C=O) groups excluding carboxylic acids is 1. The minimum absolute atomic E-state index is 0.322. The lowest BCUT2D eigenvalue weighted by molar-refractivity contribution is 0.0955. The van der Waals surface area contributed by atoms with E-state index in [1.165, 1.54) is 6.21 Å². The van der Waals surface area contributed by atoms with Crippen LogP contribution in [0.2, 0.25) is 5.02 Å². The Bertz CT molecular complexity index is 748. The highest BCUT2D eigenvalue weighted by molar-refractivity contribution is 9.10. The van der Waals surface area contributed by atoms with Gasteiger partial charge >= 0.3 is 0 Å². The van der Waals surface area contributed by atoms with Crippen molar-refractivity contribution in [3.63, 3.8) is 0 Å². The Hall–Kier alpha value is -2.05.